The van der Waals surface area contributed by atoms with Crippen LogP contribution in [-0.2, 0) is 17.1 Å². The highest BCUT2D eigenvalue weighted by Gasteiger charge is 2.36. The number of nitrogens with zero attached hydrogens (tertiary/aromatic N) is 4. The fourth-order valence-corrected chi connectivity index (χ4v) is 4.20. The van der Waals surface area contributed by atoms with Gasteiger partial charge < -0.3 is 14.6 Å². The van der Waals surface area contributed by atoms with Crippen molar-refractivity contribution in [1.29, 1.82) is 0 Å². The fraction of sp³-hybridized carbons (Fsp3) is 0.429. The summed E-state index contributed by atoms with van der Waals surface area (Å²) >= 11 is 0. The fourth-order valence-electron chi connectivity index (χ4n) is 2.67. The summed E-state index contributed by atoms with van der Waals surface area (Å²) in [6, 6.07) is 2.71. The maximum atomic E-state index is 13.0. The standard InChI is InChI=1S/C14H19N5O3S.ClH/c1-18-7-6-16-14(18)12-10-15-5-8-19(12)23(20,21)11-3-4-13(22-2)17-9-11;/h3-4,6-7,9,12,15H,5,8,10H2,1-2H3;1H. The monoisotopic (exact) mass is 373 g/mol. The van der Waals surface area contributed by atoms with E-state index in [9.17, 15) is 8.42 Å². The lowest BCUT2D eigenvalue weighted by Crippen LogP contribution is -2.49. The molecule has 3 heterocycles. The minimum absolute atomic E-state index is 0. The van der Waals surface area contributed by atoms with Crippen LogP contribution in [0.15, 0.2) is 35.6 Å². The number of methoxy groups -OCH3 is 1. The first-order chi connectivity index (χ1) is 11.0. The Kier molecular flexibility index (Phi) is 5.81. The van der Waals surface area contributed by atoms with Crippen molar-refractivity contribution in [3.05, 3.63) is 36.5 Å². The van der Waals surface area contributed by atoms with Crippen LogP contribution < -0.4 is 10.1 Å². The Balaban J connectivity index is 0.00000208. The van der Waals surface area contributed by atoms with Gasteiger partial charge in [-0.1, -0.05) is 0 Å². The normalized spacial score (nSPS) is 18.8. The Bertz CT molecular complexity index is 778. The lowest BCUT2D eigenvalue weighted by molar-refractivity contribution is 0.258. The lowest BCUT2D eigenvalue weighted by atomic mass is 10.2. The van der Waals surface area contributed by atoms with Gasteiger partial charge in [0.05, 0.1) is 19.3 Å². The molecule has 1 fully saturated rings. The van der Waals surface area contributed by atoms with E-state index in [-0.39, 0.29) is 23.3 Å². The average Bonchev–Trinajstić information content (AvgIpc) is 3.01. The summed E-state index contributed by atoms with van der Waals surface area (Å²) in [5, 5.41) is 3.23. The van der Waals surface area contributed by atoms with Crippen molar-refractivity contribution < 1.29 is 13.2 Å². The van der Waals surface area contributed by atoms with Crippen molar-refractivity contribution in [2.24, 2.45) is 7.05 Å². The Hall–Kier alpha value is -1.68. The van der Waals surface area contributed by atoms with Gasteiger partial charge in [-0.05, 0) is 6.07 Å². The number of hydrogen-bond acceptors (Lipinski definition) is 6. The van der Waals surface area contributed by atoms with E-state index in [2.05, 4.69) is 15.3 Å². The zero-order valence-corrected chi connectivity index (χ0v) is 15.0. The van der Waals surface area contributed by atoms with Crippen LogP contribution in [-0.4, -0.2) is 54.0 Å². The van der Waals surface area contributed by atoms with Crippen molar-refractivity contribution in [2.45, 2.75) is 10.9 Å². The first-order valence-corrected chi connectivity index (χ1v) is 8.68. The van der Waals surface area contributed by atoms with Gasteiger partial charge >= 0.3 is 0 Å². The van der Waals surface area contributed by atoms with E-state index >= 15 is 0 Å². The highest BCUT2D eigenvalue weighted by molar-refractivity contribution is 7.89. The van der Waals surface area contributed by atoms with Crippen molar-refractivity contribution in [3.63, 3.8) is 0 Å². The van der Waals surface area contributed by atoms with Crippen molar-refractivity contribution in [2.75, 3.05) is 26.7 Å². The minimum atomic E-state index is -3.66. The summed E-state index contributed by atoms with van der Waals surface area (Å²) in [5.41, 5.74) is 0. The van der Waals surface area contributed by atoms with E-state index in [1.807, 2.05) is 17.8 Å². The van der Waals surface area contributed by atoms with Crippen molar-refractivity contribution in [1.82, 2.24) is 24.2 Å². The third-order valence-corrected chi connectivity index (χ3v) is 5.77. The topological polar surface area (TPSA) is 89.4 Å². The smallest absolute Gasteiger partial charge is 0.245 e. The van der Waals surface area contributed by atoms with E-state index in [0.717, 1.165) is 0 Å². The highest BCUT2D eigenvalue weighted by Crippen LogP contribution is 2.28. The van der Waals surface area contributed by atoms with Crippen LogP contribution in [0.4, 0.5) is 0 Å². The first kappa shape index (κ1) is 18.7. The predicted octanol–water partition coefficient (Wildman–Crippen LogP) is 0.581. The molecule has 0 spiro atoms. The van der Waals surface area contributed by atoms with Gasteiger partial charge in [-0.25, -0.2) is 18.4 Å². The number of pyridine rings is 1. The number of imidazole rings is 1. The second kappa shape index (κ2) is 7.47. The molecule has 8 nitrogen and oxygen atoms in total. The van der Waals surface area contributed by atoms with Crippen LogP contribution in [0.1, 0.15) is 11.9 Å². The van der Waals surface area contributed by atoms with E-state index in [1.54, 1.807) is 12.3 Å². The molecule has 3 rings (SSSR count). The summed E-state index contributed by atoms with van der Waals surface area (Å²) in [6.07, 6.45) is 4.80. The molecule has 0 radical (unpaired) electrons. The zero-order valence-electron chi connectivity index (χ0n) is 13.4. The van der Waals surface area contributed by atoms with Crippen LogP contribution in [0.25, 0.3) is 0 Å². The van der Waals surface area contributed by atoms with Crippen LogP contribution in [0.2, 0.25) is 0 Å². The van der Waals surface area contributed by atoms with Crippen LogP contribution in [0, 0.1) is 0 Å². The van der Waals surface area contributed by atoms with Gasteiger partial charge in [-0.15, -0.1) is 12.4 Å². The van der Waals surface area contributed by atoms with Gasteiger partial charge in [0.1, 0.15) is 10.7 Å². The van der Waals surface area contributed by atoms with Gasteiger partial charge in [0.25, 0.3) is 0 Å². The third kappa shape index (κ3) is 3.39. The largest absolute Gasteiger partial charge is 0.481 e. The summed E-state index contributed by atoms with van der Waals surface area (Å²) in [4.78, 5) is 8.46. The molecule has 10 heteroatoms. The summed E-state index contributed by atoms with van der Waals surface area (Å²) in [6.45, 7) is 1.50. The SMILES string of the molecule is COc1ccc(S(=O)(=O)N2CCNCC2c2nccn2C)cn1.Cl. The molecule has 0 aliphatic carbocycles. The number of sulfonamides is 1. The minimum Gasteiger partial charge on any atom is -0.481 e. The van der Waals surface area contributed by atoms with Gasteiger partial charge in [-0.3, -0.25) is 0 Å². The lowest BCUT2D eigenvalue weighted by Gasteiger charge is -2.34. The van der Waals surface area contributed by atoms with Gasteiger partial charge in [0.2, 0.25) is 15.9 Å². The Morgan fingerprint density at radius 1 is 1.33 bits per heavy atom. The molecule has 1 saturated heterocycles. The number of ether oxygens (including phenoxy) is 1. The average molecular weight is 374 g/mol. The maximum Gasteiger partial charge on any atom is 0.245 e. The zero-order chi connectivity index (χ0) is 16.4. The third-order valence-electron chi connectivity index (χ3n) is 3.88. The number of rotatable bonds is 4. The molecule has 0 aromatic carbocycles. The molecule has 0 bridgehead atoms. The predicted molar refractivity (Wildman–Crippen MR) is 90.7 cm³/mol. The quantitative estimate of drug-likeness (QED) is 0.843. The Morgan fingerprint density at radius 3 is 2.71 bits per heavy atom. The molecule has 2 aromatic heterocycles. The molecule has 0 amide bonds. The molecule has 132 valence electrons. The number of aromatic nitrogens is 3. The number of hydrogen-bond donors (Lipinski definition) is 1. The van der Waals surface area contributed by atoms with Gasteiger partial charge in [-0.2, -0.15) is 4.31 Å². The number of halogens is 1. The summed E-state index contributed by atoms with van der Waals surface area (Å²) < 4.78 is 34.3. The van der Waals surface area contributed by atoms with E-state index in [1.165, 1.54) is 23.7 Å². The Labute approximate surface area is 147 Å². The van der Waals surface area contributed by atoms with Gasteiger partial charge in [0.15, 0.2) is 0 Å². The molecule has 1 N–H and O–H groups in total. The molecule has 0 saturated carbocycles. The van der Waals surface area contributed by atoms with E-state index in [0.29, 0.717) is 31.3 Å². The molecule has 2 aromatic rings. The summed E-state index contributed by atoms with van der Waals surface area (Å²) in [7, 11) is -0.309. The molecule has 1 aliphatic heterocycles. The number of nitrogens with one attached hydrogen (secondary N) is 1. The van der Waals surface area contributed by atoms with E-state index < -0.39 is 10.0 Å². The first-order valence-electron chi connectivity index (χ1n) is 7.24. The van der Waals surface area contributed by atoms with Crippen LogP contribution in [0.3, 0.4) is 0 Å². The van der Waals surface area contributed by atoms with Crippen molar-refractivity contribution in [3.8, 4) is 5.88 Å². The van der Waals surface area contributed by atoms with Gasteiger partial charge in [0, 0.05) is 45.1 Å². The summed E-state index contributed by atoms with van der Waals surface area (Å²) in [5.74, 6) is 1.09. The second-order valence-electron chi connectivity index (χ2n) is 5.27. The van der Waals surface area contributed by atoms with Crippen LogP contribution >= 0.6 is 12.4 Å². The maximum absolute atomic E-state index is 13.0. The molecule has 24 heavy (non-hydrogen) atoms. The van der Waals surface area contributed by atoms with Crippen LogP contribution in [0.5, 0.6) is 5.88 Å². The Morgan fingerprint density at radius 2 is 2.12 bits per heavy atom. The second-order valence-corrected chi connectivity index (χ2v) is 7.16. The molecule has 1 atom stereocenters. The number of aryl methyl sites for hydroxylation is 1. The molecular formula is C14H20ClN5O3S. The van der Waals surface area contributed by atoms with Crippen molar-refractivity contribution >= 4 is 22.4 Å². The molecule has 1 unspecified atom stereocenters. The molecular weight excluding hydrogens is 354 g/mol. The molecule has 1 aliphatic rings. The van der Waals surface area contributed by atoms with E-state index in [4.69, 9.17) is 4.74 Å². The number of piperazine rings is 1. The highest BCUT2D eigenvalue weighted by atomic mass is 35.5.